The van der Waals surface area contributed by atoms with Crippen molar-refractivity contribution in [1.29, 1.82) is 0 Å². The first-order valence-corrected chi connectivity index (χ1v) is 17.2. The van der Waals surface area contributed by atoms with E-state index in [-0.39, 0.29) is 33.2 Å². The van der Waals surface area contributed by atoms with Crippen LogP contribution in [0.4, 0.5) is 0 Å². The summed E-state index contributed by atoms with van der Waals surface area (Å²) in [6.07, 6.45) is 14.1. The van der Waals surface area contributed by atoms with E-state index in [0.717, 1.165) is 50.0 Å². The Bertz CT molecular complexity index is 1220. The summed E-state index contributed by atoms with van der Waals surface area (Å²) >= 11 is 6.14. The van der Waals surface area contributed by atoms with E-state index in [1.54, 1.807) is 5.57 Å². The molecule has 0 radical (unpaired) electrons. The van der Waals surface area contributed by atoms with E-state index >= 15 is 0 Å². The second kappa shape index (κ2) is 9.95. The Morgan fingerprint density at radius 2 is 1.61 bits per heavy atom. The van der Waals surface area contributed by atoms with Crippen molar-refractivity contribution in [2.45, 2.75) is 125 Å². The van der Waals surface area contributed by atoms with Gasteiger partial charge in [-0.15, -0.1) is 0 Å². The number of hydrogen-bond acceptors (Lipinski definition) is 2. The van der Waals surface area contributed by atoms with Crippen molar-refractivity contribution in [3.05, 3.63) is 46.5 Å². The Morgan fingerprint density at radius 1 is 0.902 bits per heavy atom. The third kappa shape index (κ3) is 4.15. The highest BCUT2D eigenvalue weighted by Crippen LogP contribution is 2.75. The van der Waals surface area contributed by atoms with Crippen LogP contribution in [0, 0.1) is 56.7 Å². The average Bonchev–Trinajstić information content (AvgIpc) is 2.93. The van der Waals surface area contributed by atoms with Gasteiger partial charge in [0.2, 0.25) is 0 Å². The zero-order chi connectivity index (χ0) is 29.6. The molecular formula is C38H55ClO2. The minimum atomic E-state index is -0.203. The number of fused-ring (bicyclic) bond motifs is 7. The van der Waals surface area contributed by atoms with Crippen LogP contribution in [0.1, 0.15) is 118 Å². The fourth-order valence-electron chi connectivity index (χ4n) is 12.1. The summed E-state index contributed by atoms with van der Waals surface area (Å²) in [5.41, 5.74) is 3.29. The summed E-state index contributed by atoms with van der Waals surface area (Å²) < 4.78 is 0. The van der Waals surface area contributed by atoms with Gasteiger partial charge in [-0.05, 0) is 133 Å². The second-order valence-corrected chi connectivity index (χ2v) is 17.2. The van der Waals surface area contributed by atoms with Gasteiger partial charge in [0.15, 0.2) is 0 Å². The van der Waals surface area contributed by atoms with Gasteiger partial charge < -0.3 is 5.11 Å². The Kier molecular flexibility index (Phi) is 7.26. The SMILES string of the molecule is C[C@H]1[C@H](C)CC[C@]2(C(=O)CCc3ccc(Cl)cc3)CC[C@]3(C)C(=CC[C@@H]4[C@@]5(C)CC[C@H](O)C(C)(C)[C@@H]5CC[C@]43C)[C@H]12. The topological polar surface area (TPSA) is 37.3 Å². The molecule has 2 nitrogen and oxygen atoms in total. The number of Topliss-reactive ketones (excluding diaryl/α,β-unsaturated/α-hetero) is 1. The van der Waals surface area contributed by atoms with Gasteiger partial charge in [-0.3, -0.25) is 4.79 Å². The van der Waals surface area contributed by atoms with E-state index < -0.39 is 0 Å². The predicted molar refractivity (Wildman–Crippen MR) is 170 cm³/mol. The number of allylic oxidation sites excluding steroid dienone is 2. The lowest BCUT2D eigenvalue weighted by Gasteiger charge is -2.71. The maximum Gasteiger partial charge on any atom is 0.139 e. The van der Waals surface area contributed by atoms with E-state index in [1.807, 2.05) is 12.1 Å². The van der Waals surface area contributed by atoms with Crippen LogP contribution in [0.15, 0.2) is 35.9 Å². The van der Waals surface area contributed by atoms with Crippen LogP contribution in [0.2, 0.25) is 5.02 Å². The molecule has 0 bridgehead atoms. The van der Waals surface area contributed by atoms with Crippen molar-refractivity contribution in [3.8, 4) is 0 Å². The van der Waals surface area contributed by atoms with E-state index in [2.05, 4.69) is 66.7 Å². The molecule has 226 valence electrons. The van der Waals surface area contributed by atoms with Crippen molar-refractivity contribution >= 4 is 17.4 Å². The first kappa shape index (κ1) is 29.9. The average molecular weight is 579 g/mol. The van der Waals surface area contributed by atoms with Gasteiger partial charge in [0.25, 0.3) is 0 Å². The molecule has 10 atom stereocenters. The fourth-order valence-corrected chi connectivity index (χ4v) is 12.2. The highest BCUT2D eigenvalue weighted by molar-refractivity contribution is 6.30. The van der Waals surface area contributed by atoms with E-state index in [9.17, 15) is 9.90 Å². The molecule has 0 aromatic heterocycles. The lowest BCUT2D eigenvalue weighted by atomic mass is 9.33. The molecule has 5 aliphatic rings. The summed E-state index contributed by atoms with van der Waals surface area (Å²) in [7, 11) is 0. The summed E-state index contributed by atoms with van der Waals surface area (Å²) in [5.74, 6) is 3.28. The molecule has 0 amide bonds. The molecule has 0 heterocycles. The first-order chi connectivity index (χ1) is 19.2. The van der Waals surface area contributed by atoms with Crippen LogP contribution in [-0.2, 0) is 11.2 Å². The minimum Gasteiger partial charge on any atom is -0.393 e. The number of carbonyl (C=O) groups excluding carboxylic acids is 1. The van der Waals surface area contributed by atoms with Gasteiger partial charge in [0.05, 0.1) is 6.10 Å². The summed E-state index contributed by atoms with van der Waals surface area (Å²) in [6.45, 7) is 17.4. The molecule has 41 heavy (non-hydrogen) atoms. The third-order valence-corrected chi connectivity index (χ3v) is 15.3. The van der Waals surface area contributed by atoms with Crippen LogP contribution in [0.25, 0.3) is 0 Å². The molecule has 1 aromatic rings. The molecule has 0 spiro atoms. The molecule has 0 aliphatic heterocycles. The Morgan fingerprint density at radius 3 is 2.32 bits per heavy atom. The molecule has 0 saturated heterocycles. The molecule has 4 saturated carbocycles. The van der Waals surface area contributed by atoms with E-state index in [1.165, 1.54) is 24.8 Å². The van der Waals surface area contributed by atoms with Crippen molar-refractivity contribution in [2.75, 3.05) is 0 Å². The third-order valence-electron chi connectivity index (χ3n) is 15.1. The number of aryl methyl sites for hydroxylation is 1. The number of aliphatic hydroxyl groups is 1. The zero-order valence-corrected chi connectivity index (χ0v) is 27.6. The number of ketones is 1. The lowest BCUT2D eigenvalue weighted by Crippen LogP contribution is -2.65. The van der Waals surface area contributed by atoms with Crippen molar-refractivity contribution in [1.82, 2.24) is 0 Å². The molecule has 0 unspecified atom stereocenters. The van der Waals surface area contributed by atoms with Gasteiger partial charge in [-0.25, -0.2) is 0 Å². The largest absolute Gasteiger partial charge is 0.393 e. The van der Waals surface area contributed by atoms with Crippen LogP contribution < -0.4 is 0 Å². The number of carbonyl (C=O) groups is 1. The quantitative estimate of drug-likeness (QED) is 0.361. The highest BCUT2D eigenvalue weighted by Gasteiger charge is 2.69. The van der Waals surface area contributed by atoms with Crippen LogP contribution >= 0.6 is 11.6 Å². The van der Waals surface area contributed by atoms with Crippen LogP contribution in [0.3, 0.4) is 0 Å². The number of rotatable bonds is 4. The van der Waals surface area contributed by atoms with Gasteiger partial charge in [-0.2, -0.15) is 0 Å². The highest BCUT2D eigenvalue weighted by atomic mass is 35.5. The van der Waals surface area contributed by atoms with Crippen molar-refractivity contribution < 1.29 is 9.90 Å². The number of hydrogen-bond donors (Lipinski definition) is 1. The summed E-state index contributed by atoms with van der Waals surface area (Å²) in [6, 6.07) is 8.07. The van der Waals surface area contributed by atoms with Gasteiger partial charge in [0.1, 0.15) is 5.78 Å². The Hall–Kier alpha value is -1.12. The van der Waals surface area contributed by atoms with Crippen LogP contribution in [-0.4, -0.2) is 17.0 Å². The molecule has 1 N–H and O–H groups in total. The van der Waals surface area contributed by atoms with Gasteiger partial charge >= 0.3 is 0 Å². The normalized spacial score (nSPS) is 46.8. The van der Waals surface area contributed by atoms with Gasteiger partial charge in [0, 0.05) is 16.9 Å². The monoisotopic (exact) mass is 578 g/mol. The molecule has 5 aliphatic carbocycles. The smallest absolute Gasteiger partial charge is 0.139 e. The maximum atomic E-state index is 14.5. The molecule has 6 rings (SSSR count). The van der Waals surface area contributed by atoms with Crippen molar-refractivity contribution in [2.24, 2.45) is 56.7 Å². The van der Waals surface area contributed by atoms with E-state index in [0.29, 0.717) is 41.8 Å². The fraction of sp³-hybridized carbons (Fsp3) is 0.763. The molecule has 3 heteroatoms. The lowest BCUT2D eigenvalue weighted by molar-refractivity contribution is -0.204. The molecule has 4 fully saturated rings. The second-order valence-electron chi connectivity index (χ2n) is 16.7. The van der Waals surface area contributed by atoms with Crippen molar-refractivity contribution in [3.63, 3.8) is 0 Å². The number of aliphatic hydroxyl groups excluding tert-OH is 1. The minimum absolute atomic E-state index is 0.0230. The standard InChI is InChI=1S/C38H55ClO2/c1-24-16-21-38(32(41)15-10-26-8-11-27(39)12-9-26)23-22-36(6)28(33(38)25(24)2)13-14-30-35(5)19-18-31(40)34(3,4)29(35)17-20-37(30,36)7/h8-9,11-13,24-25,29-31,33,40H,10,14-23H2,1-7H3/t24-,25+,29+,30-,31+,33+,35+,36-,37-,38-/m1/s1. The Balaban J connectivity index is 1.36. The summed E-state index contributed by atoms with van der Waals surface area (Å²) in [5, 5.41) is 11.8. The van der Waals surface area contributed by atoms with Gasteiger partial charge in [-0.1, -0.05) is 83.8 Å². The number of halogens is 1. The van der Waals surface area contributed by atoms with E-state index in [4.69, 9.17) is 11.6 Å². The molecular weight excluding hydrogens is 524 g/mol. The zero-order valence-electron chi connectivity index (χ0n) is 26.9. The Labute approximate surface area is 255 Å². The summed E-state index contributed by atoms with van der Waals surface area (Å²) in [4.78, 5) is 14.5. The predicted octanol–water partition coefficient (Wildman–Crippen LogP) is 9.86. The first-order valence-electron chi connectivity index (χ1n) is 16.9. The molecule has 1 aromatic carbocycles. The van der Waals surface area contributed by atoms with Crippen LogP contribution in [0.5, 0.6) is 0 Å². The maximum absolute atomic E-state index is 14.5. The number of benzene rings is 1.